The molecule has 0 radical (unpaired) electrons. The van der Waals surface area contributed by atoms with Gasteiger partial charge in [-0.15, -0.1) is 0 Å². The van der Waals surface area contributed by atoms with Crippen LogP contribution in [0.1, 0.15) is 25.0 Å². The van der Waals surface area contributed by atoms with Gasteiger partial charge in [0.05, 0.1) is 11.1 Å². The Morgan fingerprint density at radius 2 is 1.40 bits per heavy atom. The van der Waals surface area contributed by atoms with Gasteiger partial charge >= 0.3 is 12.4 Å². The zero-order chi connectivity index (χ0) is 15.7. The van der Waals surface area contributed by atoms with Gasteiger partial charge in [0.1, 0.15) is 5.75 Å². The second-order valence-corrected chi connectivity index (χ2v) is 4.11. The number of carbonyl (C=O) groups is 1. The van der Waals surface area contributed by atoms with E-state index in [4.69, 9.17) is 4.74 Å². The van der Waals surface area contributed by atoms with Crippen molar-refractivity contribution < 1.29 is 35.9 Å². The largest absolute Gasteiger partial charge is 0.483 e. The first-order valence-electron chi connectivity index (χ1n) is 5.38. The van der Waals surface area contributed by atoms with Crippen LogP contribution in [0.15, 0.2) is 18.2 Å². The van der Waals surface area contributed by atoms with Gasteiger partial charge in [-0.2, -0.15) is 26.3 Å². The predicted octanol–water partition coefficient (Wildman–Crippen LogP) is 4.08. The van der Waals surface area contributed by atoms with Crippen LogP contribution in [0.3, 0.4) is 0 Å². The van der Waals surface area contributed by atoms with E-state index < -0.39 is 41.1 Å². The van der Waals surface area contributed by atoms with Crippen LogP contribution in [0, 0.1) is 0 Å². The maximum absolute atomic E-state index is 12.5. The molecule has 2 nitrogen and oxygen atoms in total. The number of hydrogen-bond acceptors (Lipinski definition) is 2. The number of ketones is 1. The summed E-state index contributed by atoms with van der Waals surface area (Å²) in [5.74, 6) is -1.18. The minimum absolute atomic E-state index is 0.00864. The third-order valence-corrected chi connectivity index (χ3v) is 2.45. The van der Waals surface area contributed by atoms with Gasteiger partial charge in [0.25, 0.3) is 0 Å². The molecule has 0 bridgehead atoms. The number of carbonyl (C=O) groups excluding carboxylic acids is 1. The van der Waals surface area contributed by atoms with Gasteiger partial charge in [0.15, 0.2) is 11.9 Å². The molecule has 0 aliphatic heterocycles. The zero-order valence-corrected chi connectivity index (χ0v) is 10.4. The van der Waals surface area contributed by atoms with Crippen molar-refractivity contribution in [1.29, 1.82) is 0 Å². The molecule has 0 amide bonds. The molecule has 1 aromatic rings. The van der Waals surface area contributed by atoms with Gasteiger partial charge in [-0.1, -0.05) is 0 Å². The first-order chi connectivity index (χ1) is 8.91. The standard InChI is InChI=1S/C12H10F6O2/c1-6(19)7(2)20-10-4-8(11(13,14)15)3-9(5-10)12(16,17)18/h3-5,7H,1-2H3. The fourth-order valence-electron chi connectivity index (χ4n) is 1.28. The van der Waals surface area contributed by atoms with Gasteiger partial charge in [-0.05, 0) is 32.0 Å². The van der Waals surface area contributed by atoms with E-state index in [1.165, 1.54) is 6.92 Å². The van der Waals surface area contributed by atoms with Crippen molar-refractivity contribution in [1.82, 2.24) is 0 Å². The lowest BCUT2D eigenvalue weighted by molar-refractivity contribution is -0.143. The molecule has 1 rings (SSSR count). The first kappa shape index (κ1) is 16.3. The maximum Gasteiger partial charge on any atom is 0.416 e. The first-order valence-corrected chi connectivity index (χ1v) is 5.38. The summed E-state index contributed by atoms with van der Waals surface area (Å²) < 4.78 is 80.1. The third-order valence-electron chi connectivity index (χ3n) is 2.45. The van der Waals surface area contributed by atoms with Gasteiger partial charge in [-0.25, -0.2) is 0 Å². The van der Waals surface area contributed by atoms with E-state index >= 15 is 0 Å². The number of ether oxygens (including phenoxy) is 1. The second kappa shape index (κ2) is 5.34. The molecule has 112 valence electrons. The molecule has 0 aromatic heterocycles. The lowest BCUT2D eigenvalue weighted by atomic mass is 10.1. The highest BCUT2D eigenvalue weighted by Crippen LogP contribution is 2.38. The van der Waals surface area contributed by atoms with Crippen molar-refractivity contribution in [3.63, 3.8) is 0 Å². The monoisotopic (exact) mass is 300 g/mol. The number of alkyl halides is 6. The zero-order valence-electron chi connectivity index (χ0n) is 10.4. The van der Waals surface area contributed by atoms with Crippen LogP contribution in [0.4, 0.5) is 26.3 Å². The van der Waals surface area contributed by atoms with Crippen LogP contribution in [0.25, 0.3) is 0 Å². The number of rotatable bonds is 3. The Balaban J connectivity index is 3.28. The summed E-state index contributed by atoms with van der Waals surface area (Å²) in [5.41, 5.74) is -2.98. The Hall–Kier alpha value is -1.73. The van der Waals surface area contributed by atoms with Crippen molar-refractivity contribution in [2.24, 2.45) is 0 Å². The van der Waals surface area contributed by atoms with Crippen molar-refractivity contribution in [2.75, 3.05) is 0 Å². The van der Waals surface area contributed by atoms with Crippen LogP contribution >= 0.6 is 0 Å². The Bertz CT molecular complexity index is 471. The molecular formula is C12H10F6O2. The van der Waals surface area contributed by atoms with Crippen LogP contribution in [-0.4, -0.2) is 11.9 Å². The van der Waals surface area contributed by atoms with E-state index in [0.29, 0.717) is 12.1 Å². The number of benzene rings is 1. The summed E-state index contributed by atoms with van der Waals surface area (Å²) in [6.07, 6.45) is -11.0. The van der Waals surface area contributed by atoms with Crippen LogP contribution in [0.2, 0.25) is 0 Å². The maximum atomic E-state index is 12.5. The van der Waals surface area contributed by atoms with E-state index in [1.54, 1.807) is 0 Å². The van der Waals surface area contributed by atoms with Crippen molar-refractivity contribution >= 4 is 5.78 Å². The second-order valence-electron chi connectivity index (χ2n) is 4.11. The quantitative estimate of drug-likeness (QED) is 0.786. The van der Waals surface area contributed by atoms with Gasteiger partial charge in [-0.3, -0.25) is 4.79 Å². The topological polar surface area (TPSA) is 26.3 Å². The molecule has 20 heavy (non-hydrogen) atoms. The average molecular weight is 300 g/mol. The van der Waals surface area contributed by atoms with E-state index in [2.05, 4.69) is 0 Å². The molecule has 0 N–H and O–H groups in total. The Labute approximate surface area is 110 Å². The average Bonchev–Trinajstić information content (AvgIpc) is 2.26. The number of hydrogen-bond donors (Lipinski definition) is 0. The Morgan fingerprint density at radius 3 is 1.70 bits per heavy atom. The van der Waals surface area contributed by atoms with Crippen molar-refractivity contribution in [3.8, 4) is 5.75 Å². The van der Waals surface area contributed by atoms with Crippen molar-refractivity contribution in [3.05, 3.63) is 29.3 Å². The highest BCUT2D eigenvalue weighted by atomic mass is 19.4. The molecule has 0 fully saturated rings. The summed E-state index contributed by atoms with van der Waals surface area (Å²) in [4.78, 5) is 10.9. The molecule has 8 heteroatoms. The van der Waals surface area contributed by atoms with Gasteiger partial charge in [0.2, 0.25) is 0 Å². The third kappa shape index (κ3) is 4.14. The fourth-order valence-corrected chi connectivity index (χ4v) is 1.28. The molecule has 0 aliphatic carbocycles. The molecule has 1 aromatic carbocycles. The van der Waals surface area contributed by atoms with E-state index in [1.807, 2.05) is 0 Å². The molecule has 0 aliphatic rings. The molecule has 1 atom stereocenters. The molecule has 1 unspecified atom stereocenters. The summed E-state index contributed by atoms with van der Waals surface area (Å²) in [7, 11) is 0. The molecule has 0 saturated heterocycles. The normalized spacial score (nSPS) is 14.0. The number of Topliss-reactive ketones (excluding diaryl/α,β-unsaturated/α-hetero) is 1. The van der Waals surface area contributed by atoms with E-state index in [-0.39, 0.29) is 6.07 Å². The summed E-state index contributed by atoms with van der Waals surface area (Å²) in [6, 6.07) is 0.842. The van der Waals surface area contributed by atoms with Gasteiger partial charge < -0.3 is 4.74 Å². The van der Waals surface area contributed by atoms with Crippen LogP contribution in [-0.2, 0) is 17.1 Å². The highest BCUT2D eigenvalue weighted by Gasteiger charge is 2.37. The molecule has 0 spiro atoms. The summed E-state index contributed by atoms with van der Waals surface area (Å²) in [5, 5.41) is 0. The van der Waals surface area contributed by atoms with E-state index in [9.17, 15) is 31.1 Å². The highest BCUT2D eigenvalue weighted by molar-refractivity contribution is 5.80. The van der Waals surface area contributed by atoms with Gasteiger partial charge in [0, 0.05) is 0 Å². The Morgan fingerprint density at radius 1 is 1.00 bits per heavy atom. The molecule has 0 saturated carbocycles. The number of halogens is 6. The smallest absolute Gasteiger partial charge is 0.416 e. The van der Waals surface area contributed by atoms with Crippen LogP contribution < -0.4 is 4.74 Å². The lowest BCUT2D eigenvalue weighted by Crippen LogP contribution is -2.21. The summed E-state index contributed by atoms with van der Waals surface area (Å²) >= 11 is 0. The minimum atomic E-state index is -4.95. The predicted molar refractivity (Wildman–Crippen MR) is 57.2 cm³/mol. The minimum Gasteiger partial charge on any atom is -0.483 e. The van der Waals surface area contributed by atoms with Crippen LogP contribution in [0.5, 0.6) is 5.75 Å². The van der Waals surface area contributed by atoms with Crippen molar-refractivity contribution in [2.45, 2.75) is 32.3 Å². The lowest BCUT2D eigenvalue weighted by Gasteiger charge is -2.16. The fraction of sp³-hybridized carbons (Fsp3) is 0.417. The Kier molecular flexibility index (Phi) is 4.36. The summed E-state index contributed by atoms with van der Waals surface area (Å²) in [6.45, 7) is 2.35. The SMILES string of the molecule is CC(=O)C(C)Oc1cc(C(F)(F)F)cc(C(F)(F)F)c1. The molecular weight excluding hydrogens is 290 g/mol. The molecule has 0 heterocycles. The van der Waals surface area contributed by atoms with E-state index in [0.717, 1.165) is 6.92 Å².